The Morgan fingerprint density at radius 1 is 1.21 bits per heavy atom. The standard InChI is InChI=1S/C14H13NO2S2/c16-8-14(17)19-9-13(18)15-12-7-3-5-10-4-1-2-6-11(10)12/h1-8,16-17H,9H2,(H,15,18)/b14-8+. The van der Waals surface area contributed by atoms with Crippen molar-refractivity contribution in [1.82, 2.24) is 0 Å². The molecule has 19 heavy (non-hydrogen) atoms. The maximum atomic E-state index is 9.13. The molecule has 98 valence electrons. The Morgan fingerprint density at radius 2 is 1.95 bits per heavy atom. The van der Waals surface area contributed by atoms with Crippen molar-refractivity contribution in [3.8, 4) is 0 Å². The molecule has 0 heterocycles. The van der Waals surface area contributed by atoms with Crippen molar-refractivity contribution in [3.05, 3.63) is 53.8 Å². The van der Waals surface area contributed by atoms with E-state index >= 15 is 0 Å². The van der Waals surface area contributed by atoms with Crippen LogP contribution in [-0.2, 0) is 0 Å². The fourth-order valence-electron chi connectivity index (χ4n) is 1.70. The summed E-state index contributed by atoms with van der Waals surface area (Å²) in [6, 6.07) is 14.0. The van der Waals surface area contributed by atoms with Gasteiger partial charge in [0.15, 0.2) is 5.09 Å². The SMILES string of the molecule is O/C=C(\O)SCC(=S)Nc1cccc2ccccc12. The van der Waals surface area contributed by atoms with Crippen molar-refractivity contribution < 1.29 is 10.2 Å². The quantitative estimate of drug-likeness (QED) is 0.581. The van der Waals surface area contributed by atoms with E-state index in [0.717, 1.165) is 28.2 Å². The van der Waals surface area contributed by atoms with Crippen molar-refractivity contribution in [2.45, 2.75) is 0 Å². The molecule has 0 bridgehead atoms. The maximum absolute atomic E-state index is 9.13. The van der Waals surface area contributed by atoms with E-state index in [2.05, 4.69) is 5.32 Å². The Kier molecular flexibility index (Phi) is 4.65. The Labute approximate surface area is 121 Å². The van der Waals surface area contributed by atoms with Crippen LogP contribution >= 0.6 is 24.0 Å². The minimum atomic E-state index is -0.151. The summed E-state index contributed by atoms with van der Waals surface area (Å²) in [5, 5.41) is 23.0. The molecule has 2 aromatic rings. The summed E-state index contributed by atoms with van der Waals surface area (Å²) in [5.41, 5.74) is 0.941. The summed E-state index contributed by atoms with van der Waals surface area (Å²) in [4.78, 5) is 0.592. The van der Waals surface area contributed by atoms with Crippen LogP contribution in [0.25, 0.3) is 10.8 Å². The fraction of sp³-hybridized carbons (Fsp3) is 0.0714. The van der Waals surface area contributed by atoms with Crippen LogP contribution in [0, 0.1) is 0 Å². The average molecular weight is 291 g/mol. The molecule has 2 aromatic carbocycles. The Balaban J connectivity index is 2.11. The number of fused-ring (bicyclic) bond motifs is 1. The first-order chi connectivity index (χ1) is 9.20. The highest BCUT2D eigenvalue weighted by atomic mass is 32.2. The predicted molar refractivity (Wildman–Crippen MR) is 86.0 cm³/mol. The normalized spacial score (nSPS) is 11.5. The van der Waals surface area contributed by atoms with Crippen LogP contribution in [0.4, 0.5) is 5.69 Å². The first kappa shape index (κ1) is 13.7. The van der Waals surface area contributed by atoms with E-state index in [0.29, 0.717) is 17.0 Å². The lowest BCUT2D eigenvalue weighted by molar-refractivity contribution is 0.395. The Hall–Kier alpha value is -1.72. The highest BCUT2D eigenvalue weighted by Crippen LogP contribution is 2.23. The molecule has 2 rings (SSSR count). The summed E-state index contributed by atoms with van der Waals surface area (Å²) >= 11 is 6.29. The number of benzene rings is 2. The predicted octanol–water partition coefficient (Wildman–Crippen LogP) is 4.23. The van der Waals surface area contributed by atoms with Crippen LogP contribution in [0.5, 0.6) is 0 Å². The van der Waals surface area contributed by atoms with Crippen molar-refractivity contribution in [2.24, 2.45) is 0 Å². The van der Waals surface area contributed by atoms with Crippen molar-refractivity contribution in [3.63, 3.8) is 0 Å². The number of thiocarbonyl (C=S) groups is 1. The highest BCUT2D eigenvalue weighted by molar-refractivity contribution is 8.04. The molecule has 0 aliphatic heterocycles. The van der Waals surface area contributed by atoms with Gasteiger partial charge in [-0.25, -0.2) is 0 Å². The molecule has 5 heteroatoms. The van der Waals surface area contributed by atoms with Crippen molar-refractivity contribution in [2.75, 3.05) is 11.1 Å². The molecule has 0 amide bonds. The molecule has 0 aliphatic rings. The molecule has 0 radical (unpaired) electrons. The van der Waals surface area contributed by atoms with Crippen LogP contribution in [0.1, 0.15) is 0 Å². The summed E-state index contributed by atoms with van der Waals surface area (Å²) < 4.78 is 0. The fourth-order valence-corrected chi connectivity index (χ4v) is 2.41. The zero-order valence-electron chi connectivity index (χ0n) is 10.0. The molecule has 0 fully saturated rings. The van der Waals surface area contributed by atoms with Crippen LogP contribution in [0.15, 0.2) is 53.8 Å². The summed E-state index contributed by atoms with van der Waals surface area (Å²) in [6.07, 6.45) is 0.658. The highest BCUT2D eigenvalue weighted by Gasteiger charge is 2.04. The largest absolute Gasteiger partial charge is 0.511 e. The zero-order valence-corrected chi connectivity index (χ0v) is 11.7. The van der Waals surface area contributed by atoms with Gasteiger partial charge in [-0.1, -0.05) is 60.4 Å². The van der Waals surface area contributed by atoms with E-state index in [4.69, 9.17) is 22.4 Å². The molecule has 0 unspecified atom stereocenters. The number of hydrogen-bond donors (Lipinski definition) is 3. The lowest BCUT2D eigenvalue weighted by Gasteiger charge is -2.10. The van der Waals surface area contributed by atoms with Gasteiger partial charge in [-0.15, -0.1) is 0 Å². The van der Waals surface area contributed by atoms with Gasteiger partial charge in [-0.05, 0) is 11.5 Å². The molecular weight excluding hydrogens is 278 g/mol. The summed E-state index contributed by atoms with van der Waals surface area (Å²) in [7, 11) is 0. The lowest BCUT2D eigenvalue weighted by Crippen LogP contribution is -2.12. The number of anilines is 1. The van der Waals surface area contributed by atoms with E-state index in [1.807, 2.05) is 42.5 Å². The number of aliphatic hydroxyl groups excluding tert-OH is 2. The second-order valence-electron chi connectivity index (χ2n) is 3.83. The Morgan fingerprint density at radius 3 is 2.74 bits per heavy atom. The second-order valence-corrected chi connectivity index (χ2v) is 5.32. The van der Waals surface area contributed by atoms with Crippen molar-refractivity contribution >= 4 is 45.4 Å². The van der Waals surface area contributed by atoms with Gasteiger partial charge < -0.3 is 15.5 Å². The minimum Gasteiger partial charge on any atom is -0.511 e. The topological polar surface area (TPSA) is 52.5 Å². The van der Waals surface area contributed by atoms with E-state index in [9.17, 15) is 0 Å². The molecular formula is C14H13NO2S2. The van der Waals surface area contributed by atoms with E-state index in [-0.39, 0.29) is 5.09 Å². The summed E-state index contributed by atoms with van der Waals surface area (Å²) in [6.45, 7) is 0. The number of nitrogens with one attached hydrogen (secondary N) is 1. The second kappa shape index (κ2) is 6.45. The van der Waals surface area contributed by atoms with Gasteiger partial charge in [0.05, 0.1) is 10.7 Å². The van der Waals surface area contributed by atoms with Gasteiger partial charge in [0.1, 0.15) is 6.26 Å². The monoisotopic (exact) mass is 291 g/mol. The first-order valence-electron chi connectivity index (χ1n) is 5.64. The zero-order chi connectivity index (χ0) is 13.7. The minimum absolute atomic E-state index is 0.151. The number of rotatable bonds is 4. The Bertz CT molecular complexity index is 620. The third kappa shape index (κ3) is 3.62. The number of aliphatic hydroxyl groups is 2. The third-order valence-electron chi connectivity index (χ3n) is 2.53. The van der Waals surface area contributed by atoms with Crippen LogP contribution in [0.2, 0.25) is 0 Å². The van der Waals surface area contributed by atoms with E-state index in [1.165, 1.54) is 0 Å². The van der Waals surface area contributed by atoms with Crippen molar-refractivity contribution in [1.29, 1.82) is 0 Å². The molecule has 0 saturated heterocycles. The molecule has 0 atom stereocenters. The van der Waals surface area contributed by atoms with Gasteiger partial charge >= 0.3 is 0 Å². The summed E-state index contributed by atoms with van der Waals surface area (Å²) in [5.74, 6) is 0.404. The molecule has 0 aromatic heterocycles. The van der Waals surface area contributed by atoms with Gasteiger partial charge in [0, 0.05) is 11.1 Å². The van der Waals surface area contributed by atoms with E-state index < -0.39 is 0 Å². The molecule has 0 saturated carbocycles. The average Bonchev–Trinajstić information content (AvgIpc) is 2.45. The first-order valence-corrected chi connectivity index (χ1v) is 7.04. The van der Waals surface area contributed by atoms with Crippen LogP contribution in [0.3, 0.4) is 0 Å². The number of hydrogen-bond acceptors (Lipinski definition) is 4. The van der Waals surface area contributed by atoms with Gasteiger partial charge in [-0.2, -0.15) is 0 Å². The molecule has 3 N–H and O–H groups in total. The van der Waals surface area contributed by atoms with Gasteiger partial charge in [-0.3, -0.25) is 0 Å². The van der Waals surface area contributed by atoms with E-state index in [1.54, 1.807) is 0 Å². The third-order valence-corrected chi connectivity index (χ3v) is 3.79. The maximum Gasteiger partial charge on any atom is 0.185 e. The lowest BCUT2D eigenvalue weighted by atomic mass is 10.1. The smallest absolute Gasteiger partial charge is 0.185 e. The van der Waals surface area contributed by atoms with Gasteiger partial charge in [0.25, 0.3) is 0 Å². The number of thioether (sulfide) groups is 1. The van der Waals surface area contributed by atoms with Gasteiger partial charge in [0.2, 0.25) is 0 Å². The molecule has 0 spiro atoms. The van der Waals surface area contributed by atoms with Crippen LogP contribution in [-0.4, -0.2) is 21.0 Å². The molecule has 3 nitrogen and oxygen atoms in total. The molecule has 0 aliphatic carbocycles. The van der Waals surface area contributed by atoms with Crippen LogP contribution < -0.4 is 5.32 Å².